The van der Waals surface area contributed by atoms with Crippen LogP contribution in [0.1, 0.15) is 37.2 Å². The number of hydrogen-bond acceptors (Lipinski definition) is 3. The van der Waals surface area contributed by atoms with Gasteiger partial charge in [0, 0.05) is 31.0 Å². The van der Waals surface area contributed by atoms with E-state index < -0.39 is 0 Å². The molecule has 0 saturated heterocycles. The van der Waals surface area contributed by atoms with Gasteiger partial charge in [0.15, 0.2) is 0 Å². The molecule has 0 unspecified atom stereocenters. The van der Waals surface area contributed by atoms with Gasteiger partial charge >= 0.3 is 5.97 Å². The van der Waals surface area contributed by atoms with Crippen LogP contribution in [0.5, 0.6) is 0 Å². The molecule has 1 aromatic heterocycles. The smallest absolute Gasteiger partial charge is 0.307 e. The molecule has 0 aliphatic rings. The van der Waals surface area contributed by atoms with Crippen molar-refractivity contribution in [2.75, 3.05) is 13.2 Å². The van der Waals surface area contributed by atoms with Crippen molar-refractivity contribution in [2.45, 2.75) is 47.2 Å². The third-order valence-corrected chi connectivity index (χ3v) is 3.12. The molecule has 0 amide bonds. The Morgan fingerprint density at radius 3 is 2.67 bits per heavy atom. The first-order valence-electron chi connectivity index (χ1n) is 6.62. The monoisotopic (exact) mass is 252 g/mol. The number of nitrogens with one attached hydrogen (secondary N) is 1. The van der Waals surface area contributed by atoms with E-state index in [0.717, 1.165) is 13.1 Å². The maximum Gasteiger partial charge on any atom is 0.307 e. The summed E-state index contributed by atoms with van der Waals surface area (Å²) in [4.78, 5) is 11.2. The van der Waals surface area contributed by atoms with Gasteiger partial charge in [0.25, 0.3) is 0 Å². The summed E-state index contributed by atoms with van der Waals surface area (Å²) in [6.07, 6.45) is 0.431. The zero-order chi connectivity index (χ0) is 13.5. The van der Waals surface area contributed by atoms with Crippen LogP contribution in [-0.4, -0.2) is 23.7 Å². The molecule has 0 radical (unpaired) electrons. The van der Waals surface area contributed by atoms with Gasteiger partial charge in [-0.1, -0.05) is 0 Å². The molecule has 0 fully saturated rings. The van der Waals surface area contributed by atoms with Crippen molar-refractivity contribution in [3.63, 3.8) is 0 Å². The minimum atomic E-state index is -0.135. The van der Waals surface area contributed by atoms with Crippen LogP contribution < -0.4 is 5.32 Å². The highest BCUT2D eigenvalue weighted by Crippen LogP contribution is 2.14. The van der Waals surface area contributed by atoms with E-state index >= 15 is 0 Å². The van der Waals surface area contributed by atoms with Crippen LogP contribution in [0, 0.1) is 13.8 Å². The number of aromatic nitrogens is 1. The second kappa shape index (κ2) is 7.21. The number of hydrogen-bond donors (Lipinski definition) is 1. The standard InChI is InChI=1S/C14H24N2O2/c1-5-16-11(3)9-13(12(16)4)10-15-8-7-14(17)18-6-2/h9,15H,5-8,10H2,1-4H3. The van der Waals surface area contributed by atoms with Gasteiger partial charge in [0.05, 0.1) is 13.0 Å². The Balaban J connectivity index is 2.38. The first-order chi connectivity index (χ1) is 8.60. The van der Waals surface area contributed by atoms with Crippen LogP contribution in [0.4, 0.5) is 0 Å². The van der Waals surface area contributed by atoms with Gasteiger partial charge in [0.1, 0.15) is 0 Å². The molecule has 0 atom stereocenters. The molecule has 0 spiro atoms. The van der Waals surface area contributed by atoms with E-state index in [0.29, 0.717) is 19.6 Å². The van der Waals surface area contributed by atoms with Crippen LogP contribution in [0.3, 0.4) is 0 Å². The predicted octanol–water partition coefficient (Wildman–Crippen LogP) is 2.17. The van der Waals surface area contributed by atoms with Crippen LogP contribution in [0.25, 0.3) is 0 Å². The van der Waals surface area contributed by atoms with Gasteiger partial charge in [-0.15, -0.1) is 0 Å². The first-order valence-corrected chi connectivity index (χ1v) is 6.62. The number of carbonyl (C=O) groups excluding carboxylic acids is 1. The lowest BCUT2D eigenvalue weighted by Crippen LogP contribution is -2.19. The van der Waals surface area contributed by atoms with Crippen molar-refractivity contribution in [1.29, 1.82) is 0 Å². The Morgan fingerprint density at radius 1 is 1.39 bits per heavy atom. The lowest BCUT2D eigenvalue weighted by Gasteiger charge is -2.07. The quantitative estimate of drug-likeness (QED) is 0.597. The summed E-state index contributed by atoms with van der Waals surface area (Å²) in [6, 6.07) is 2.20. The summed E-state index contributed by atoms with van der Waals surface area (Å²) in [5.74, 6) is -0.135. The van der Waals surface area contributed by atoms with Gasteiger partial charge in [-0.3, -0.25) is 4.79 Å². The van der Waals surface area contributed by atoms with Crippen molar-refractivity contribution in [3.8, 4) is 0 Å². The molecule has 18 heavy (non-hydrogen) atoms. The zero-order valence-corrected chi connectivity index (χ0v) is 11.9. The van der Waals surface area contributed by atoms with Crippen molar-refractivity contribution in [1.82, 2.24) is 9.88 Å². The second-order valence-corrected chi connectivity index (χ2v) is 4.37. The molecule has 4 nitrogen and oxygen atoms in total. The molecule has 1 N–H and O–H groups in total. The third-order valence-electron chi connectivity index (χ3n) is 3.12. The SMILES string of the molecule is CCOC(=O)CCNCc1cc(C)n(CC)c1C. The fraction of sp³-hybridized carbons (Fsp3) is 0.643. The lowest BCUT2D eigenvalue weighted by atomic mass is 10.2. The molecule has 0 bridgehead atoms. The van der Waals surface area contributed by atoms with Crippen LogP contribution in [0.2, 0.25) is 0 Å². The largest absolute Gasteiger partial charge is 0.466 e. The fourth-order valence-electron chi connectivity index (χ4n) is 2.18. The average molecular weight is 252 g/mol. The summed E-state index contributed by atoms with van der Waals surface area (Å²) in [5.41, 5.74) is 3.90. The highest BCUT2D eigenvalue weighted by molar-refractivity contribution is 5.69. The topological polar surface area (TPSA) is 43.3 Å². The van der Waals surface area contributed by atoms with Crippen molar-refractivity contribution in [2.24, 2.45) is 0 Å². The molecule has 0 aliphatic carbocycles. The minimum Gasteiger partial charge on any atom is -0.466 e. The fourth-order valence-corrected chi connectivity index (χ4v) is 2.18. The Kier molecular flexibility index (Phi) is 5.92. The van der Waals surface area contributed by atoms with Gasteiger partial charge in [0.2, 0.25) is 0 Å². The number of esters is 1. The summed E-state index contributed by atoms with van der Waals surface area (Å²) >= 11 is 0. The Labute approximate surface area is 109 Å². The maximum absolute atomic E-state index is 11.2. The maximum atomic E-state index is 11.2. The Morgan fingerprint density at radius 2 is 2.11 bits per heavy atom. The second-order valence-electron chi connectivity index (χ2n) is 4.37. The molecule has 4 heteroatoms. The Hall–Kier alpha value is -1.29. The molecule has 0 aliphatic heterocycles. The van der Waals surface area contributed by atoms with Gasteiger partial charge in [-0.2, -0.15) is 0 Å². The lowest BCUT2D eigenvalue weighted by molar-refractivity contribution is -0.142. The van der Waals surface area contributed by atoms with Gasteiger partial charge in [-0.25, -0.2) is 0 Å². The van der Waals surface area contributed by atoms with E-state index in [1.807, 2.05) is 6.92 Å². The molecule has 1 rings (SSSR count). The van der Waals surface area contributed by atoms with Gasteiger partial charge < -0.3 is 14.6 Å². The molecular formula is C14H24N2O2. The molecule has 0 aromatic carbocycles. The first kappa shape index (κ1) is 14.8. The zero-order valence-electron chi connectivity index (χ0n) is 11.9. The van der Waals surface area contributed by atoms with E-state index in [9.17, 15) is 4.79 Å². The molecule has 0 saturated carbocycles. The normalized spacial score (nSPS) is 10.7. The number of nitrogens with zero attached hydrogens (tertiary/aromatic N) is 1. The predicted molar refractivity (Wildman–Crippen MR) is 72.5 cm³/mol. The van der Waals surface area contributed by atoms with E-state index in [1.165, 1.54) is 17.0 Å². The van der Waals surface area contributed by atoms with Crippen LogP contribution in [0.15, 0.2) is 6.07 Å². The third kappa shape index (κ3) is 3.88. The minimum absolute atomic E-state index is 0.135. The van der Waals surface area contributed by atoms with E-state index in [2.05, 4.69) is 36.7 Å². The summed E-state index contributed by atoms with van der Waals surface area (Å²) < 4.78 is 7.17. The number of carbonyl (C=O) groups is 1. The molecular weight excluding hydrogens is 228 g/mol. The van der Waals surface area contributed by atoms with E-state index in [4.69, 9.17) is 4.74 Å². The molecule has 102 valence electrons. The van der Waals surface area contributed by atoms with E-state index in [-0.39, 0.29) is 5.97 Å². The number of rotatable bonds is 7. The van der Waals surface area contributed by atoms with Crippen LogP contribution >= 0.6 is 0 Å². The summed E-state index contributed by atoms with van der Waals surface area (Å²) in [5, 5.41) is 3.28. The number of aryl methyl sites for hydroxylation is 1. The highest BCUT2D eigenvalue weighted by Gasteiger charge is 2.07. The molecule has 1 heterocycles. The Bertz CT molecular complexity index is 397. The highest BCUT2D eigenvalue weighted by atomic mass is 16.5. The average Bonchev–Trinajstić information content (AvgIpc) is 2.60. The number of ether oxygens (including phenoxy) is 1. The van der Waals surface area contributed by atoms with Crippen LogP contribution in [-0.2, 0) is 22.6 Å². The van der Waals surface area contributed by atoms with Crippen molar-refractivity contribution in [3.05, 3.63) is 23.0 Å². The van der Waals surface area contributed by atoms with Gasteiger partial charge in [-0.05, 0) is 39.3 Å². The van der Waals surface area contributed by atoms with Crippen molar-refractivity contribution < 1.29 is 9.53 Å². The molecule has 1 aromatic rings. The van der Waals surface area contributed by atoms with E-state index in [1.54, 1.807) is 0 Å². The summed E-state index contributed by atoms with van der Waals surface area (Å²) in [7, 11) is 0. The summed E-state index contributed by atoms with van der Waals surface area (Å²) in [6.45, 7) is 11.2. The van der Waals surface area contributed by atoms with Crippen molar-refractivity contribution >= 4 is 5.97 Å².